The Bertz CT molecular complexity index is 637. The van der Waals surface area contributed by atoms with E-state index in [4.69, 9.17) is 14.2 Å². The van der Waals surface area contributed by atoms with Crippen LogP contribution in [0.5, 0.6) is 17.2 Å². The van der Waals surface area contributed by atoms with Crippen LogP contribution in [-0.2, 0) is 11.2 Å². The number of carbonyl (C=O) groups excluding carboxylic acids is 1. The van der Waals surface area contributed by atoms with Gasteiger partial charge in [0.05, 0.1) is 14.2 Å². The molecule has 0 aromatic heterocycles. The number of nitrogens with one attached hydrogen (secondary N) is 1. The topological polar surface area (TPSA) is 56.8 Å². The monoisotopic (exact) mass is 329 g/mol. The second-order valence-corrected chi connectivity index (χ2v) is 5.32. The Labute approximate surface area is 142 Å². The third-order valence-electron chi connectivity index (χ3n) is 3.61. The highest BCUT2D eigenvalue weighted by Crippen LogP contribution is 2.18. The maximum absolute atomic E-state index is 12.1. The number of methoxy groups -OCH3 is 2. The SMILES string of the molecule is COc1ccc(CCNC(=O)[C@H](C)Oc2ccc(OC)cc2)cc1. The van der Waals surface area contributed by atoms with Crippen LogP contribution < -0.4 is 19.5 Å². The van der Waals surface area contributed by atoms with E-state index in [9.17, 15) is 4.79 Å². The van der Waals surface area contributed by atoms with Gasteiger partial charge in [-0.25, -0.2) is 0 Å². The largest absolute Gasteiger partial charge is 0.497 e. The van der Waals surface area contributed by atoms with E-state index in [0.29, 0.717) is 12.3 Å². The normalized spacial score (nSPS) is 11.5. The van der Waals surface area contributed by atoms with Crippen molar-refractivity contribution in [2.45, 2.75) is 19.4 Å². The first-order chi connectivity index (χ1) is 11.6. The molecule has 128 valence electrons. The van der Waals surface area contributed by atoms with Crippen LogP contribution in [0.4, 0.5) is 0 Å². The smallest absolute Gasteiger partial charge is 0.260 e. The van der Waals surface area contributed by atoms with Gasteiger partial charge < -0.3 is 19.5 Å². The molecule has 1 atom stereocenters. The van der Waals surface area contributed by atoms with Gasteiger partial charge in [0.15, 0.2) is 6.10 Å². The van der Waals surface area contributed by atoms with Crippen molar-refractivity contribution in [1.29, 1.82) is 0 Å². The van der Waals surface area contributed by atoms with Crippen molar-refractivity contribution in [3.05, 3.63) is 54.1 Å². The molecular formula is C19H23NO4. The molecule has 0 unspecified atom stereocenters. The first kappa shape index (κ1) is 17.7. The summed E-state index contributed by atoms with van der Waals surface area (Å²) in [7, 11) is 3.24. The number of ether oxygens (including phenoxy) is 3. The Balaban J connectivity index is 1.76. The Hall–Kier alpha value is -2.69. The van der Waals surface area contributed by atoms with Crippen LogP contribution in [0.15, 0.2) is 48.5 Å². The van der Waals surface area contributed by atoms with Gasteiger partial charge >= 0.3 is 0 Å². The molecule has 5 heteroatoms. The van der Waals surface area contributed by atoms with E-state index in [1.807, 2.05) is 24.3 Å². The highest BCUT2D eigenvalue weighted by Gasteiger charge is 2.14. The molecule has 5 nitrogen and oxygen atoms in total. The van der Waals surface area contributed by atoms with E-state index >= 15 is 0 Å². The minimum Gasteiger partial charge on any atom is -0.497 e. The van der Waals surface area contributed by atoms with Crippen LogP contribution >= 0.6 is 0 Å². The summed E-state index contributed by atoms with van der Waals surface area (Å²) in [5, 5.41) is 2.88. The van der Waals surface area contributed by atoms with E-state index in [-0.39, 0.29) is 5.91 Å². The molecule has 0 aliphatic heterocycles. The van der Waals surface area contributed by atoms with Crippen LogP contribution in [0, 0.1) is 0 Å². The fourth-order valence-corrected chi connectivity index (χ4v) is 2.18. The molecule has 2 aromatic rings. The zero-order valence-corrected chi connectivity index (χ0v) is 14.2. The van der Waals surface area contributed by atoms with Gasteiger partial charge in [-0.3, -0.25) is 4.79 Å². The van der Waals surface area contributed by atoms with Gasteiger partial charge in [0.25, 0.3) is 5.91 Å². The lowest BCUT2D eigenvalue weighted by Crippen LogP contribution is -2.37. The summed E-state index contributed by atoms with van der Waals surface area (Å²) in [4.78, 5) is 12.1. The first-order valence-corrected chi connectivity index (χ1v) is 7.83. The highest BCUT2D eigenvalue weighted by molar-refractivity contribution is 5.80. The molecule has 0 saturated carbocycles. The fraction of sp³-hybridized carbons (Fsp3) is 0.316. The number of rotatable bonds is 8. The Morgan fingerprint density at radius 3 is 1.96 bits per heavy atom. The van der Waals surface area contributed by atoms with E-state index in [1.54, 1.807) is 45.4 Å². The minimum atomic E-state index is -0.561. The van der Waals surface area contributed by atoms with Crippen molar-refractivity contribution in [2.75, 3.05) is 20.8 Å². The quantitative estimate of drug-likeness (QED) is 0.809. The van der Waals surface area contributed by atoms with Crippen molar-refractivity contribution in [3.63, 3.8) is 0 Å². The standard InChI is InChI=1S/C19H23NO4/c1-14(24-18-10-8-17(23-3)9-11-18)19(21)20-13-12-15-4-6-16(22-2)7-5-15/h4-11,14H,12-13H2,1-3H3,(H,20,21)/t14-/m0/s1. The van der Waals surface area contributed by atoms with E-state index in [1.165, 1.54) is 0 Å². The van der Waals surface area contributed by atoms with Gasteiger partial charge in [-0.15, -0.1) is 0 Å². The molecule has 1 amide bonds. The Morgan fingerprint density at radius 2 is 1.42 bits per heavy atom. The van der Waals surface area contributed by atoms with Crippen LogP contribution in [0.1, 0.15) is 12.5 Å². The maximum atomic E-state index is 12.1. The molecular weight excluding hydrogens is 306 g/mol. The van der Waals surface area contributed by atoms with Gasteiger partial charge in [0.1, 0.15) is 17.2 Å². The number of hydrogen-bond acceptors (Lipinski definition) is 4. The van der Waals surface area contributed by atoms with Gasteiger partial charge in [-0.2, -0.15) is 0 Å². The second kappa shape index (κ2) is 8.82. The summed E-state index contributed by atoms with van der Waals surface area (Å²) in [6.45, 7) is 2.29. The molecule has 1 N–H and O–H groups in total. The summed E-state index contributed by atoms with van der Waals surface area (Å²) >= 11 is 0. The lowest BCUT2D eigenvalue weighted by Gasteiger charge is -2.15. The van der Waals surface area contributed by atoms with Crippen molar-refractivity contribution < 1.29 is 19.0 Å². The van der Waals surface area contributed by atoms with Crippen molar-refractivity contribution >= 4 is 5.91 Å². The highest BCUT2D eigenvalue weighted by atomic mass is 16.5. The van der Waals surface area contributed by atoms with Crippen LogP contribution in [-0.4, -0.2) is 32.8 Å². The number of benzene rings is 2. The lowest BCUT2D eigenvalue weighted by molar-refractivity contribution is -0.127. The first-order valence-electron chi connectivity index (χ1n) is 7.83. The third-order valence-corrected chi connectivity index (χ3v) is 3.61. The summed E-state index contributed by atoms with van der Waals surface area (Å²) in [6.07, 6.45) is 0.194. The zero-order chi connectivity index (χ0) is 17.4. The van der Waals surface area contributed by atoms with Crippen LogP contribution in [0.2, 0.25) is 0 Å². The predicted molar refractivity (Wildman–Crippen MR) is 92.8 cm³/mol. The maximum Gasteiger partial charge on any atom is 0.260 e. The summed E-state index contributed by atoms with van der Waals surface area (Å²) in [6, 6.07) is 14.9. The van der Waals surface area contributed by atoms with Crippen molar-refractivity contribution in [1.82, 2.24) is 5.32 Å². The molecule has 0 bridgehead atoms. The van der Waals surface area contributed by atoms with Gasteiger partial charge in [-0.05, 0) is 55.3 Å². The van der Waals surface area contributed by atoms with Gasteiger partial charge in [-0.1, -0.05) is 12.1 Å². The van der Waals surface area contributed by atoms with Gasteiger partial charge in [0.2, 0.25) is 0 Å². The average Bonchev–Trinajstić information content (AvgIpc) is 2.62. The predicted octanol–water partition coefficient (Wildman–Crippen LogP) is 2.83. The third kappa shape index (κ3) is 5.19. The number of amides is 1. The van der Waals surface area contributed by atoms with Crippen LogP contribution in [0.3, 0.4) is 0 Å². The Morgan fingerprint density at radius 1 is 0.917 bits per heavy atom. The zero-order valence-electron chi connectivity index (χ0n) is 14.2. The fourth-order valence-electron chi connectivity index (χ4n) is 2.18. The summed E-state index contributed by atoms with van der Waals surface area (Å²) < 4.78 is 15.8. The Kier molecular flexibility index (Phi) is 6.49. The molecule has 2 rings (SSSR count). The molecule has 0 aliphatic rings. The summed E-state index contributed by atoms with van der Waals surface area (Å²) in [5.74, 6) is 2.07. The lowest BCUT2D eigenvalue weighted by atomic mass is 10.1. The molecule has 0 saturated heterocycles. The molecule has 0 aliphatic carbocycles. The minimum absolute atomic E-state index is 0.140. The average molecular weight is 329 g/mol. The number of hydrogen-bond donors (Lipinski definition) is 1. The van der Waals surface area contributed by atoms with Crippen molar-refractivity contribution in [2.24, 2.45) is 0 Å². The van der Waals surface area contributed by atoms with Crippen molar-refractivity contribution in [3.8, 4) is 17.2 Å². The van der Waals surface area contributed by atoms with E-state index in [2.05, 4.69) is 5.32 Å². The molecule has 0 heterocycles. The molecule has 0 fully saturated rings. The summed E-state index contributed by atoms with van der Waals surface area (Å²) in [5.41, 5.74) is 1.14. The van der Waals surface area contributed by atoms with E-state index < -0.39 is 6.10 Å². The van der Waals surface area contributed by atoms with E-state index in [0.717, 1.165) is 23.5 Å². The second-order valence-electron chi connectivity index (χ2n) is 5.32. The number of carbonyl (C=O) groups is 1. The molecule has 2 aromatic carbocycles. The molecule has 0 radical (unpaired) electrons. The van der Waals surface area contributed by atoms with Gasteiger partial charge in [0, 0.05) is 6.54 Å². The van der Waals surface area contributed by atoms with Crippen LogP contribution in [0.25, 0.3) is 0 Å². The molecule has 0 spiro atoms. The molecule has 24 heavy (non-hydrogen) atoms.